The Balaban J connectivity index is 3.31. The Labute approximate surface area is 481 Å². The molecule has 0 saturated heterocycles. The van der Waals surface area contributed by atoms with Crippen molar-refractivity contribution < 1.29 is 24.5 Å². The van der Waals surface area contributed by atoms with Gasteiger partial charge in [-0.25, -0.2) is 0 Å². The summed E-state index contributed by atoms with van der Waals surface area (Å²) < 4.78 is 5.49. The highest BCUT2D eigenvalue weighted by atomic mass is 16.5. The number of hydrogen-bond donors (Lipinski definition) is 3. The zero-order valence-electron chi connectivity index (χ0n) is 52.0. The molecule has 6 nitrogen and oxygen atoms in total. The largest absolute Gasteiger partial charge is 0.466 e. The Morgan fingerprint density at radius 2 is 0.610 bits per heavy atom. The fourth-order valence-corrected chi connectivity index (χ4v) is 10.8. The summed E-state index contributed by atoms with van der Waals surface area (Å²) in [5.74, 6) is -0.0528. The van der Waals surface area contributed by atoms with E-state index < -0.39 is 12.1 Å². The summed E-state index contributed by atoms with van der Waals surface area (Å²) >= 11 is 0. The lowest BCUT2D eigenvalue weighted by molar-refractivity contribution is -0.143. The molecule has 2 unspecified atom stereocenters. The van der Waals surface area contributed by atoms with Crippen molar-refractivity contribution in [3.63, 3.8) is 0 Å². The molecular formula is C71H135NO5. The fourth-order valence-electron chi connectivity index (χ4n) is 10.8. The molecular weight excluding hydrogens is 947 g/mol. The summed E-state index contributed by atoms with van der Waals surface area (Å²) in [4.78, 5) is 24.5. The number of allylic oxidation sites excluding steroid dienone is 5. The van der Waals surface area contributed by atoms with Crippen LogP contribution in [0.25, 0.3) is 0 Å². The third kappa shape index (κ3) is 63.1. The molecule has 77 heavy (non-hydrogen) atoms. The van der Waals surface area contributed by atoms with E-state index in [9.17, 15) is 19.8 Å². The zero-order chi connectivity index (χ0) is 55.7. The van der Waals surface area contributed by atoms with Crippen LogP contribution in [0.2, 0.25) is 0 Å². The number of nitrogens with one attached hydrogen (secondary N) is 1. The summed E-state index contributed by atoms with van der Waals surface area (Å²) in [6, 6.07) is -0.622. The molecule has 454 valence electrons. The number of aliphatic hydroxyl groups is 2. The Bertz CT molecular complexity index is 1250. The summed E-state index contributed by atoms with van der Waals surface area (Å²) in [5.41, 5.74) is 0. The van der Waals surface area contributed by atoms with Crippen LogP contribution in [0.5, 0.6) is 0 Å². The van der Waals surface area contributed by atoms with Crippen LogP contribution in [0.1, 0.15) is 380 Å². The average molecular weight is 1080 g/mol. The second kappa shape index (κ2) is 66.6. The first-order valence-electron chi connectivity index (χ1n) is 34.8. The van der Waals surface area contributed by atoms with Gasteiger partial charge in [0.25, 0.3) is 0 Å². The predicted molar refractivity (Wildman–Crippen MR) is 338 cm³/mol. The molecule has 0 saturated carbocycles. The lowest BCUT2D eigenvalue weighted by Crippen LogP contribution is -2.45. The summed E-state index contributed by atoms with van der Waals surface area (Å²) in [7, 11) is 0. The van der Waals surface area contributed by atoms with Gasteiger partial charge in [0.05, 0.1) is 25.4 Å². The van der Waals surface area contributed by atoms with Crippen molar-refractivity contribution in [1.82, 2.24) is 5.32 Å². The van der Waals surface area contributed by atoms with Crippen LogP contribution in [-0.4, -0.2) is 47.4 Å². The maximum Gasteiger partial charge on any atom is 0.305 e. The van der Waals surface area contributed by atoms with Gasteiger partial charge in [-0.1, -0.05) is 320 Å². The smallest absolute Gasteiger partial charge is 0.305 e. The molecule has 3 N–H and O–H groups in total. The van der Waals surface area contributed by atoms with Gasteiger partial charge in [-0.2, -0.15) is 0 Å². The Kier molecular flexibility index (Phi) is 64.9. The topological polar surface area (TPSA) is 95.9 Å². The van der Waals surface area contributed by atoms with Crippen LogP contribution in [0.4, 0.5) is 0 Å². The summed E-state index contributed by atoms with van der Waals surface area (Å²) in [6.45, 7) is 4.89. The van der Waals surface area contributed by atoms with E-state index in [-0.39, 0.29) is 18.5 Å². The van der Waals surface area contributed by atoms with E-state index >= 15 is 0 Å². The van der Waals surface area contributed by atoms with Crippen molar-refractivity contribution in [2.75, 3.05) is 13.2 Å². The number of carbonyl (C=O) groups is 2. The monoisotopic (exact) mass is 1080 g/mol. The van der Waals surface area contributed by atoms with E-state index in [2.05, 4.69) is 43.5 Å². The quantitative estimate of drug-likeness (QED) is 0.0320. The zero-order valence-corrected chi connectivity index (χ0v) is 52.0. The first kappa shape index (κ1) is 75.1. The van der Waals surface area contributed by atoms with E-state index in [1.165, 1.54) is 308 Å². The molecule has 0 aromatic heterocycles. The number of rotatable bonds is 65. The molecule has 0 aliphatic rings. The molecule has 2 atom stereocenters. The van der Waals surface area contributed by atoms with Crippen LogP contribution >= 0.6 is 0 Å². The molecule has 0 aromatic rings. The molecule has 0 fully saturated rings. The Morgan fingerprint density at radius 3 is 0.922 bits per heavy atom. The number of amides is 1. The first-order valence-corrected chi connectivity index (χ1v) is 34.8. The number of carbonyl (C=O) groups excluding carboxylic acids is 2. The molecule has 0 rings (SSSR count). The molecule has 0 aliphatic carbocycles. The third-order valence-electron chi connectivity index (χ3n) is 16.1. The normalized spacial score (nSPS) is 12.7. The molecule has 0 aromatic carbocycles. The van der Waals surface area contributed by atoms with Crippen molar-refractivity contribution in [3.05, 3.63) is 36.5 Å². The lowest BCUT2D eigenvalue weighted by atomic mass is 10.0. The molecule has 1 amide bonds. The van der Waals surface area contributed by atoms with E-state index in [1.807, 2.05) is 6.08 Å². The summed E-state index contributed by atoms with van der Waals surface area (Å²) in [6.07, 6.45) is 85.4. The second-order valence-corrected chi connectivity index (χ2v) is 23.9. The van der Waals surface area contributed by atoms with Gasteiger partial charge in [0, 0.05) is 12.8 Å². The van der Waals surface area contributed by atoms with Crippen LogP contribution in [0.3, 0.4) is 0 Å². The highest BCUT2D eigenvalue weighted by Gasteiger charge is 2.18. The van der Waals surface area contributed by atoms with E-state index in [1.54, 1.807) is 6.08 Å². The number of unbranched alkanes of at least 4 members (excludes halogenated alkanes) is 50. The van der Waals surface area contributed by atoms with Crippen molar-refractivity contribution in [2.24, 2.45) is 0 Å². The standard InChI is InChI=1S/C71H135NO5/c1-3-5-7-9-11-13-14-15-42-45-49-53-57-61-65-71(76)77-66-62-58-54-50-46-43-40-38-36-34-32-30-28-26-24-22-20-18-16-17-19-21-23-25-27-29-31-33-35-37-39-41-44-48-52-56-60-64-70(75)72-68(67-73)69(74)63-59-55-51-47-12-10-8-6-4-2/h14-16,18,59,63,68-69,73-74H,3-13,17,19-58,60-62,64-67H2,1-2H3,(H,72,75)/b15-14-,18-16-,63-59+. The van der Waals surface area contributed by atoms with Gasteiger partial charge in [-0.15, -0.1) is 0 Å². The van der Waals surface area contributed by atoms with Crippen LogP contribution in [0, 0.1) is 0 Å². The molecule has 0 aliphatic heterocycles. The van der Waals surface area contributed by atoms with Gasteiger partial charge in [-0.3, -0.25) is 9.59 Å². The van der Waals surface area contributed by atoms with Gasteiger partial charge < -0.3 is 20.3 Å². The van der Waals surface area contributed by atoms with Crippen molar-refractivity contribution in [3.8, 4) is 0 Å². The number of esters is 1. The van der Waals surface area contributed by atoms with Crippen molar-refractivity contribution in [1.29, 1.82) is 0 Å². The molecule has 0 bridgehead atoms. The van der Waals surface area contributed by atoms with Gasteiger partial charge in [-0.05, 0) is 83.5 Å². The molecule has 0 heterocycles. The SMILES string of the molecule is CCCCCCC/C=C\CCCCCCCC(=O)OCCCCCCCCCCCCCCCCCC/C=C\CCCCCCCCCCCCCCCCCCCC(=O)NC(CO)C(O)/C=C/CCCCCCCCC. The van der Waals surface area contributed by atoms with E-state index in [0.717, 1.165) is 44.9 Å². The molecule has 0 spiro atoms. The highest BCUT2D eigenvalue weighted by molar-refractivity contribution is 5.76. The molecule has 0 radical (unpaired) electrons. The molecule has 6 heteroatoms. The number of hydrogen-bond acceptors (Lipinski definition) is 5. The average Bonchev–Trinajstić information content (AvgIpc) is 3.43. The first-order chi connectivity index (χ1) is 38.0. The van der Waals surface area contributed by atoms with E-state index in [0.29, 0.717) is 19.4 Å². The maximum atomic E-state index is 12.4. The fraction of sp³-hybridized carbons (Fsp3) is 0.887. The maximum absolute atomic E-state index is 12.4. The minimum absolute atomic E-state index is 0.0128. The van der Waals surface area contributed by atoms with Gasteiger partial charge >= 0.3 is 5.97 Å². The summed E-state index contributed by atoms with van der Waals surface area (Å²) in [5, 5.41) is 23.0. The van der Waals surface area contributed by atoms with E-state index in [4.69, 9.17) is 4.74 Å². The van der Waals surface area contributed by atoms with Crippen LogP contribution in [-0.2, 0) is 14.3 Å². The third-order valence-corrected chi connectivity index (χ3v) is 16.1. The second-order valence-electron chi connectivity index (χ2n) is 23.9. The van der Waals surface area contributed by atoms with Crippen LogP contribution in [0.15, 0.2) is 36.5 Å². The Morgan fingerprint density at radius 1 is 0.351 bits per heavy atom. The number of ether oxygens (including phenoxy) is 1. The van der Waals surface area contributed by atoms with Crippen molar-refractivity contribution in [2.45, 2.75) is 392 Å². The predicted octanol–water partition coefficient (Wildman–Crippen LogP) is 22.3. The number of aliphatic hydroxyl groups excluding tert-OH is 2. The minimum Gasteiger partial charge on any atom is -0.466 e. The van der Waals surface area contributed by atoms with Gasteiger partial charge in [0.1, 0.15) is 0 Å². The van der Waals surface area contributed by atoms with Gasteiger partial charge in [0.15, 0.2) is 0 Å². The van der Waals surface area contributed by atoms with Crippen molar-refractivity contribution >= 4 is 11.9 Å². The minimum atomic E-state index is -0.839. The van der Waals surface area contributed by atoms with Crippen LogP contribution < -0.4 is 5.32 Å². The lowest BCUT2D eigenvalue weighted by Gasteiger charge is -2.20. The Hall–Kier alpha value is -1.92. The van der Waals surface area contributed by atoms with Gasteiger partial charge in [0.2, 0.25) is 5.91 Å². The highest BCUT2D eigenvalue weighted by Crippen LogP contribution is 2.18.